The van der Waals surface area contributed by atoms with Gasteiger partial charge in [-0.2, -0.15) is 0 Å². The van der Waals surface area contributed by atoms with Gasteiger partial charge in [-0.1, -0.05) is 20.3 Å². The van der Waals surface area contributed by atoms with Gasteiger partial charge in [-0.05, 0) is 12.3 Å². The maximum absolute atomic E-state index is 10.7. The Hall–Kier alpha value is -0.610. The zero-order valence-electron chi connectivity index (χ0n) is 8.81. The van der Waals surface area contributed by atoms with E-state index in [4.69, 9.17) is 5.11 Å². The highest BCUT2D eigenvalue weighted by atomic mass is 16.4. The van der Waals surface area contributed by atoms with Crippen LogP contribution in [-0.2, 0) is 4.79 Å². The molecule has 4 nitrogen and oxygen atoms in total. The average Bonchev–Trinajstić information content (AvgIpc) is 2.09. The highest BCUT2D eigenvalue weighted by Gasteiger charge is 2.35. The van der Waals surface area contributed by atoms with Crippen LogP contribution >= 0.6 is 0 Å². The molecule has 82 valence electrons. The fraction of sp³-hybridized carbons (Fsp3) is 0.900. The van der Waals surface area contributed by atoms with Crippen molar-refractivity contribution in [3.63, 3.8) is 0 Å². The second-order valence-electron chi connectivity index (χ2n) is 4.09. The molecule has 3 atom stereocenters. The van der Waals surface area contributed by atoms with Crippen molar-refractivity contribution in [2.45, 2.75) is 38.8 Å². The van der Waals surface area contributed by atoms with Crippen LogP contribution in [0.15, 0.2) is 0 Å². The predicted molar refractivity (Wildman–Crippen MR) is 53.1 cm³/mol. The number of likely N-dealkylation sites (tertiary alicyclic amines) is 1. The second-order valence-corrected chi connectivity index (χ2v) is 4.09. The smallest absolute Gasteiger partial charge is 0.320 e. The summed E-state index contributed by atoms with van der Waals surface area (Å²) in [4.78, 5) is 12.5. The quantitative estimate of drug-likeness (QED) is 0.682. The van der Waals surface area contributed by atoms with Crippen molar-refractivity contribution in [3.8, 4) is 0 Å². The molecule has 14 heavy (non-hydrogen) atoms. The van der Waals surface area contributed by atoms with Gasteiger partial charge in [-0.15, -0.1) is 0 Å². The first kappa shape index (κ1) is 11.5. The lowest BCUT2D eigenvalue weighted by Gasteiger charge is -2.39. The maximum Gasteiger partial charge on any atom is 0.320 e. The van der Waals surface area contributed by atoms with Crippen molar-refractivity contribution in [2.24, 2.45) is 5.92 Å². The van der Waals surface area contributed by atoms with Crippen molar-refractivity contribution in [1.29, 1.82) is 0 Å². The van der Waals surface area contributed by atoms with Crippen LogP contribution in [0.4, 0.5) is 0 Å². The number of aliphatic hydroxyl groups excluding tert-OH is 1. The molecule has 0 aliphatic carbocycles. The Morgan fingerprint density at radius 2 is 2.29 bits per heavy atom. The molecule has 4 heteroatoms. The number of nitrogens with zero attached hydrogens (tertiary/aromatic N) is 1. The van der Waals surface area contributed by atoms with Gasteiger partial charge in [-0.25, -0.2) is 0 Å². The van der Waals surface area contributed by atoms with Crippen LogP contribution in [0.1, 0.15) is 26.7 Å². The van der Waals surface area contributed by atoms with Gasteiger partial charge in [0.25, 0.3) is 0 Å². The van der Waals surface area contributed by atoms with Gasteiger partial charge in [0.05, 0.1) is 6.10 Å². The minimum absolute atomic E-state index is 0.241. The van der Waals surface area contributed by atoms with Crippen LogP contribution in [0.2, 0.25) is 0 Å². The van der Waals surface area contributed by atoms with Crippen LogP contribution in [0, 0.1) is 5.92 Å². The molecule has 1 rings (SSSR count). The van der Waals surface area contributed by atoms with E-state index in [1.165, 1.54) is 0 Å². The van der Waals surface area contributed by atoms with Crippen LogP contribution in [0.5, 0.6) is 0 Å². The Morgan fingerprint density at radius 3 is 2.64 bits per heavy atom. The van der Waals surface area contributed by atoms with Gasteiger partial charge in [0.2, 0.25) is 0 Å². The number of aliphatic hydroxyl groups is 1. The molecule has 1 heterocycles. The topological polar surface area (TPSA) is 60.8 Å². The lowest BCUT2D eigenvalue weighted by atomic mass is 9.97. The zero-order valence-corrected chi connectivity index (χ0v) is 8.81. The Morgan fingerprint density at radius 1 is 1.64 bits per heavy atom. The number of carboxylic acid groups (broad SMARTS) is 1. The molecule has 3 unspecified atom stereocenters. The van der Waals surface area contributed by atoms with E-state index >= 15 is 0 Å². The van der Waals surface area contributed by atoms with Gasteiger partial charge < -0.3 is 10.2 Å². The lowest BCUT2D eigenvalue weighted by Crippen LogP contribution is -2.55. The van der Waals surface area contributed by atoms with E-state index in [1.807, 2.05) is 18.7 Å². The van der Waals surface area contributed by atoms with E-state index in [-0.39, 0.29) is 12.0 Å². The minimum Gasteiger partial charge on any atom is -0.480 e. The zero-order chi connectivity index (χ0) is 10.7. The standard InChI is InChI=1S/C10H19NO3/c1-3-7(2)9(12)6-11-5-4-8(11)10(13)14/h7-9,12H,3-6H2,1-2H3,(H,13,14). The molecule has 0 bridgehead atoms. The Balaban J connectivity index is 2.34. The molecule has 1 aliphatic heterocycles. The van der Waals surface area contributed by atoms with Gasteiger partial charge in [-0.3, -0.25) is 9.69 Å². The second kappa shape index (κ2) is 4.75. The van der Waals surface area contributed by atoms with Gasteiger partial charge in [0.1, 0.15) is 6.04 Å². The molecule has 0 aromatic rings. The Labute approximate surface area is 84.5 Å². The molecule has 2 N–H and O–H groups in total. The third kappa shape index (κ3) is 2.45. The maximum atomic E-state index is 10.7. The molecule has 1 aliphatic rings. The number of rotatable bonds is 5. The van der Waals surface area contributed by atoms with Gasteiger partial charge in [0.15, 0.2) is 0 Å². The first-order chi connectivity index (χ1) is 6.56. The minimum atomic E-state index is -0.771. The van der Waals surface area contributed by atoms with Crippen molar-refractivity contribution in [3.05, 3.63) is 0 Å². The monoisotopic (exact) mass is 201 g/mol. The van der Waals surface area contributed by atoms with Crippen LogP contribution < -0.4 is 0 Å². The number of hydrogen-bond donors (Lipinski definition) is 2. The Bertz CT molecular complexity index is 208. The summed E-state index contributed by atoms with van der Waals surface area (Å²) in [6.45, 7) is 5.30. The first-order valence-electron chi connectivity index (χ1n) is 5.21. The van der Waals surface area contributed by atoms with E-state index in [9.17, 15) is 9.90 Å². The highest BCUT2D eigenvalue weighted by Crippen LogP contribution is 2.19. The molecular weight excluding hydrogens is 182 g/mol. The Kier molecular flexibility index (Phi) is 3.89. The summed E-state index contributed by atoms with van der Waals surface area (Å²) in [7, 11) is 0. The van der Waals surface area contributed by atoms with Crippen LogP contribution in [0.25, 0.3) is 0 Å². The molecule has 0 spiro atoms. The van der Waals surface area contributed by atoms with Gasteiger partial charge in [0, 0.05) is 13.1 Å². The number of aliphatic carboxylic acids is 1. The normalized spacial score (nSPS) is 26.6. The average molecular weight is 201 g/mol. The molecular formula is C10H19NO3. The molecule has 1 saturated heterocycles. The fourth-order valence-corrected chi connectivity index (χ4v) is 1.63. The molecule has 0 radical (unpaired) electrons. The summed E-state index contributed by atoms with van der Waals surface area (Å²) in [5, 5.41) is 18.5. The first-order valence-corrected chi connectivity index (χ1v) is 5.21. The number of carbonyl (C=O) groups is 1. The summed E-state index contributed by atoms with van der Waals surface area (Å²) < 4.78 is 0. The number of β-amino-alcohol motifs (C(OH)–C–C–N with tert-alkyl or cyclic N) is 1. The number of carboxylic acids is 1. The van der Waals surface area contributed by atoms with E-state index in [1.54, 1.807) is 0 Å². The van der Waals surface area contributed by atoms with Crippen molar-refractivity contribution in [2.75, 3.05) is 13.1 Å². The van der Waals surface area contributed by atoms with Crippen molar-refractivity contribution < 1.29 is 15.0 Å². The molecule has 0 aromatic carbocycles. The summed E-state index contributed by atoms with van der Waals surface area (Å²) >= 11 is 0. The number of hydrogen-bond acceptors (Lipinski definition) is 3. The van der Waals surface area contributed by atoms with Crippen molar-refractivity contribution in [1.82, 2.24) is 4.90 Å². The summed E-state index contributed by atoms with van der Waals surface area (Å²) in [6, 6.07) is -0.367. The fourth-order valence-electron chi connectivity index (χ4n) is 1.63. The van der Waals surface area contributed by atoms with E-state index in [0.717, 1.165) is 13.0 Å². The van der Waals surface area contributed by atoms with Crippen LogP contribution in [-0.4, -0.2) is 46.3 Å². The summed E-state index contributed by atoms with van der Waals surface area (Å²) in [5.41, 5.74) is 0. The van der Waals surface area contributed by atoms with E-state index < -0.39 is 12.1 Å². The molecule has 0 aromatic heterocycles. The van der Waals surface area contributed by atoms with E-state index in [0.29, 0.717) is 13.0 Å². The van der Waals surface area contributed by atoms with Gasteiger partial charge >= 0.3 is 5.97 Å². The largest absolute Gasteiger partial charge is 0.480 e. The predicted octanol–water partition coefficient (Wildman–Crippen LogP) is 0.552. The molecule has 1 fully saturated rings. The van der Waals surface area contributed by atoms with Crippen LogP contribution in [0.3, 0.4) is 0 Å². The summed E-state index contributed by atoms with van der Waals surface area (Å²) in [6.07, 6.45) is 1.23. The highest BCUT2D eigenvalue weighted by molar-refractivity contribution is 5.74. The third-order valence-corrected chi connectivity index (χ3v) is 3.14. The SMILES string of the molecule is CCC(C)C(O)CN1CCC1C(=O)O. The molecule has 0 saturated carbocycles. The van der Waals surface area contributed by atoms with E-state index in [2.05, 4.69) is 0 Å². The van der Waals surface area contributed by atoms with Crippen molar-refractivity contribution >= 4 is 5.97 Å². The summed E-state index contributed by atoms with van der Waals surface area (Å²) in [5.74, 6) is -0.530. The lowest BCUT2D eigenvalue weighted by molar-refractivity contribution is -0.149. The third-order valence-electron chi connectivity index (χ3n) is 3.14. The molecule has 0 amide bonds.